The molecule has 1 aromatic heterocycles. The predicted octanol–water partition coefficient (Wildman–Crippen LogP) is 0.700. The number of nitrogens with zero attached hydrogens (tertiary/aromatic N) is 4. The molecule has 0 saturated carbocycles. The quantitative estimate of drug-likeness (QED) is 0.417. The van der Waals surface area contributed by atoms with Crippen LogP contribution in [0.5, 0.6) is 0 Å². The Morgan fingerprint density at radius 1 is 1.75 bits per heavy atom. The minimum Gasteiger partial charge on any atom is -0.466 e. The third-order valence-corrected chi connectivity index (χ3v) is 1.88. The number of carbonyl (C=O) groups is 1. The number of aromatic nitrogens is 3. The number of hydrogen-bond donors (Lipinski definition) is 0. The summed E-state index contributed by atoms with van der Waals surface area (Å²) in [6.07, 6.45) is 1.33. The Morgan fingerprint density at radius 2 is 2.44 bits per heavy atom. The molecule has 0 aliphatic carbocycles. The lowest BCUT2D eigenvalue weighted by Gasteiger charge is -2.06. The molecule has 16 heavy (non-hydrogen) atoms. The molecule has 0 aliphatic rings. The topological polar surface area (TPSA) is 100 Å². The lowest BCUT2D eigenvalue weighted by Crippen LogP contribution is -2.14. The van der Waals surface area contributed by atoms with Crippen LogP contribution in [0.1, 0.15) is 26.3 Å². The van der Waals surface area contributed by atoms with E-state index in [0.717, 1.165) is 0 Å². The first-order valence-electron chi connectivity index (χ1n) is 4.75. The molecule has 1 heterocycles. The van der Waals surface area contributed by atoms with Crippen molar-refractivity contribution in [3.8, 4) is 0 Å². The van der Waals surface area contributed by atoms with E-state index in [0.29, 0.717) is 6.61 Å². The fourth-order valence-corrected chi connectivity index (χ4v) is 1.12. The summed E-state index contributed by atoms with van der Waals surface area (Å²) in [6, 6.07) is -0.319. The van der Waals surface area contributed by atoms with Gasteiger partial charge in [0.2, 0.25) is 6.33 Å². The first-order valence-corrected chi connectivity index (χ1v) is 4.75. The van der Waals surface area contributed by atoms with Crippen molar-refractivity contribution in [1.29, 1.82) is 0 Å². The van der Waals surface area contributed by atoms with Crippen LogP contribution in [0.2, 0.25) is 0 Å². The van der Waals surface area contributed by atoms with E-state index in [1.54, 1.807) is 13.8 Å². The van der Waals surface area contributed by atoms with Crippen molar-refractivity contribution < 1.29 is 14.5 Å². The van der Waals surface area contributed by atoms with E-state index in [1.807, 2.05) is 0 Å². The summed E-state index contributed by atoms with van der Waals surface area (Å²) in [5.74, 6) is -0.844. The van der Waals surface area contributed by atoms with Crippen molar-refractivity contribution in [2.75, 3.05) is 6.61 Å². The molecular formula is C8H12N4O4. The van der Waals surface area contributed by atoms with Gasteiger partial charge in [0.15, 0.2) is 0 Å². The van der Waals surface area contributed by atoms with Gasteiger partial charge in [-0.3, -0.25) is 4.79 Å². The lowest BCUT2D eigenvalue weighted by molar-refractivity contribution is -0.394. The van der Waals surface area contributed by atoms with Crippen LogP contribution < -0.4 is 0 Å². The number of nitro groups is 1. The molecule has 1 rings (SSSR count). The van der Waals surface area contributed by atoms with Gasteiger partial charge in [0.1, 0.15) is 0 Å². The third-order valence-electron chi connectivity index (χ3n) is 1.88. The van der Waals surface area contributed by atoms with Crippen molar-refractivity contribution in [3.05, 3.63) is 16.4 Å². The fourth-order valence-electron chi connectivity index (χ4n) is 1.12. The van der Waals surface area contributed by atoms with Gasteiger partial charge in [-0.05, 0) is 18.8 Å². The molecule has 0 N–H and O–H groups in total. The number of ether oxygens (including phenoxy) is 1. The monoisotopic (exact) mass is 228 g/mol. The van der Waals surface area contributed by atoms with E-state index in [4.69, 9.17) is 4.74 Å². The SMILES string of the molecule is CCOC(=O)CC(C)n1cnc([N+](=O)[O-])n1. The molecular weight excluding hydrogens is 216 g/mol. The van der Waals surface area contributed by atoms with Crippen molar-refractivity contribution in [1.82, 2.24) is 14.8 Å². The molecule has 0 amide bonds. The summed E-state index contributed by atoms with van der Waals surface area (Å²) in [6.45, 7) is 3.72. The minimum atomic E-state index is -0.687. The second kappa shape index (κ2) is 5.19. The zero-order valence-corrected chi connectivity index (χ0v) is 8.99. The Labute approximate surface area is 91.4 Å². The second-order valence-corrected chi connectivity index (χ2v) is 3.14. The van der Waals surface area contributed by atoms with Crippen LogP contribution in [-0.2, 0) is 9.53 Å². The molecule has 0 spiro atoms. The van der Waals surface area contributed by atoms with Gasteiger partial charge < -0.3 is 14.9 Å². The largest absolute Gasteiger partial charge is 0.490 e. The lowest BCUT2D eigenvalue weighted by atomic mass is 10.2. The van der Waals surface area contributed by atoms with Crippen molar-refractivity contribution in [3.63, 3.8) is 0 Å². The zero-order chi connectivity index (χ0) is 12.1. The van der Waals surface area contributed by atoms with Crippen LogP contribution in [0.3, 0.4) is 0 Å². The Bertz CT molecular complexity index is 389. The van der Waals surface area contributed by atoms with Gasteiger partial charge in [0.05, 0.1) is 19.1 Å². The van der Waals surface area contributed by atoms with E-state index in [2.05, 4.69) is 10.1 Å². The Kier molecular flexibility index (Phi) is 3.92. The normalized spacial score (nSPS) is 12.1. The highest BCUT2D eigenvalue weighted by Gasteiger charge is 2.19. The van der Waals surface area contributed by atoms with E-state index in [9.17, 15) is 14.9 Å². The maximum absolute atomic E-state index is 11.1. The molecule has 1 aromatic rings. The summed E-state index contributed by atoms with van der Waals surface area (Å²) < 4.78 is 6.03. The van der Waals surface area contributed by atoms with Crippen LogP contribution >= 0.6 is 0 Å². The van der Waals surface area contributed by atoms with Gasteiger partial charge in [-0.2, -0.15) is 4.68 Å². The third kappa shape index (κ3) is 3.01. The Hall–Kier alpha value is -1.99. The minimum absolute atomic E-state index is 0.106. The molecule has 0 aromatic carbocycles. The molecule has 1 unspecified atom stereocenters. The van der Waals surface area contributed by atoms with Crippen LogP contribution in [0.4, 0.5) is 5.95 Å². The van der Waals surface area contributed by atoms with Crippen molar-refractivity contribution in [2.45, 2.75) is 26.3 Å². The highest BCUT2D eigenvalue weighted by atomic mass is 16.6. The van der Waals surface area contributed by atoms with Gasteiger partial charge >= 0.3 is 11.9 Å². The van der Waals surface area contributed by atoms with E-state index in [1.165, 1.54) is 11.0 Å². The highest BCUT2D eigenvalue weighted by Crippen LogP contribution is 2.11. The number of carbonyl (C=O) groups excluding carboxylic acids is 1. The van der Waals surface area contributed by atoms with Crippen LogP contribution in [0.15, 0.2) is 6.33 Å². The Balaban J connectivity index is 2.62. The molecule has 0 radical (unpaired) electrons. The summed E-state index contributed by atoms with van der Waals surface area (Å²) >= 11 is 0. The van der Waals surface area contributed by atoms with E-state index >= 15 is 0 Å². The van der Waals surface area contributed by atoms with Gasteiger partial charge in [0.25, 0.3) is 0 Å². The van der Waals surface area contributed by atoms with Crippen LogP contribution in [0.25, 0.3) is 0 Å². The number of esters is 1. The zero-order valence-electron chi connectivity index (χ0n) is 8.99. The molecule has 0 saturated heterocycles. The maximum atomic E-state index is 11.1. The maximum Gasteiger partial charge on any atom is 0.490 e. The van der Waals surface area contributed by atoms with E-state index in [-0.39, 0.29) is 18.4 Å². The first-order chi connectivity index (χ1) is 7.54. The molecule has 0 aliphatic heterocycles. The van der Waals surface area contributed by atoms with Gasteiger partial charge in [-0.1, -0.05) is 4.98 Å². The van der Waals surface area contributed by atoms with Gasteiger partial charge in [-0.25, -0.2) is 0 Å². The smallest absolute Gasteiger partial charge is 0.466 e. The summed E-state index contributed by atoms with van der Waals surface area (Å²) in [5.41, 5.74) is 0. The second-order valence-electron chi connectivity index (χ2n) is 3.14. The first kappa shape index (κ1) is 12.1. The summed E-state index contributed by atoms with van der Waals surface area (Å²) in [7, 11) is 0. The van der Waals surface area contributed by atoms with Gasteiger partial charge in [-0.15, -0.1) is 0 Å². The van der Waals surface area contributed by atoms with Crippen molar-refractivity contribution >= 4 is 11.9 Å². The van der Waals surface area contributed by atoms with E-state index < -0.39 is 10.9 Å². The average molecular weight is 228 g/mol. The molecule has 1 atom stereocenters. The summed E-state index contributed by atoms with van der Waals surface area (Å²) in [5, 5.41) is 14.0. The molecule has 8 nitrogen and oxygen atoms in total. The standard InChI is InChI=1S/C8H12N4O4/c1-3-16-7(13)4-6(2)11-5-9-8(10-11)12(14)15/h5-6H,3-4H2,1-2H3. The number of rotatable bonds is 5. The summed E-state index contributed by atoms with van der Waals surface area (Å²) in [4.78, 5) is 24.3. The number of hydrogen-bond acceptors (Lipinski definition) is 6. The van der Waals surface area contributed by atoms with Gasteiger partial charge in [0, 0.05) is 5.10 Å². The van der Waals surface area contributed by atoms with Crippen LogP contribution in [-0.4, -0.2) is 32.3 Å². The molecule has 0 fully saturated rings. The molecule has 8 heteroatoms. The average Bonchev–Trinajstić information content (AvgIpc) is 2.66. The van der Waals surface area contributed by atoms with Crippen molar-refractivity contribution in [2.24, 2.45) is 0 Å². The molecule has 0 bridgehead atoms. The molecule has 88 valence electrons. The highest BCUT2D eigenvalue weighted by molar-refractivity contribution is 5.69. The fraction of sp³-hybridized carbons (Fsp3) is 0.625. The predicted molar refractivity (Wildman–Crippen MR) is 52.6 cm³/mol. The Morgan fingerprint density at radius 3 is 2.94 bits per heavy atom. The van der Waals surface area contributed by atoms with Crippen LogP contribution in [0, 0.1) is 10.1 Å².